The first-order valence-corrected chi connectivity index (χ1v) is 11.6. The number of benzene rings is 3. The van der Waals surface area contributed by atoms with Crippen molar-refractivity contribution in [1.29, 1.82) is 0 Å². The van der Waals surface area contributed by atoms with Gasteiger partial charge in [-0.05, 0) is 42.2 Å². The minimum atomic E-state index is -1.20. The number of rotatable bonds is 7. The van der Waals surface area contributed by atoms with E-state index in [9.17, 15) is 14.4 Å². The minimum absolute atomic E-state index is 0.205. The Morgan fingerprint density at radius 3 is 2.35 bits per heavy atom. The fourth-order valence-electron chi connectivity index (χ4n) is 3.34. The topological polar surface area (TPSA) is 116 Å². The van der Waals surface area contributed by atoms with Gasteiger partial charge in [-0.15, -0.1) is 11.8 Å². The highest BCUT2D eigenvalue weighted by molar-refractivity contribution is 7.98. The second-order valence-electron chi connectivity index (χ2n) is 7.26. The lowest BCUT2D eigenvalue weighted by molar-refractivity contribution is -0.123. The lowest BCUT2D eigenvalue weighted by atomic mass is 10.0. The van der Waals surface area contributed by atoms with Crippen LogP contribution in [0.1, 0.15) is 27.7 Å². The van der Waals surface area contributed by atoms with Crippen LogP contribution in [0.15, 0.2) is 93.7 Å². The van der Waals surface area contributed by atoms with Gasteiger partial charge in [-0.1, -0.05) is 48.5 Å². The number of H-pyrrole nitrogens is 1. The molecular formula is C25H21N5O3S. The highest BCUT2D eigenvalue weighted by Gasteiger charge is 2.27. The average molecular weight is 472 g/mol. The standard InChI is InChI=1S/C25H21N5O3S/c1-34-18-13-11-16(12-14-18)15-26-29-25(33)22(27-23(31)17-7-3-2-4-8-17)21-19-9-5-6-10-20(19)24(32)30-28-21/h2-15,22H,1H3,(H,27,31)(H,29,33)(H,30,32)/b26-15+. The molecule has 3 aromatic carbocycles. The number of nitrogens with one attached hydrogen (secondary N) is 3. The van der Waals surface area contributed by atoms with E-state index in [-0.39, 0.29) is 11.3 Å². The predicted molar refractivity (Wildman–Crippen MR) is 133 cm³/mol. The van der Waals surface area contributed by atoms with E-state index in [1.807, 2.05) is 30.5 Å². The van der Waals surface area contributed by atoms with Gasteiger partial charge in [0.1, 0.15) is 5.69 Å². The SMILES string of the molecule is CSc1ccc(/C=N/NC(=O)C(NC(=O)c2ccccc2)c2n[nH]c(=O)c3ccccc23)cc1. The molecule has 4 rings (SSSR count). The molecule has 1 heterocycles. The molecule has 1 atom stereocenters. The summed E-state index contributed by atoms with van der Waals surface area (Å²) < 4.78 is 0. The average Bonchev–Trinajstić information content (AvgIpc) is 2.88. The Hall–Kier alpha value is -4.24. The number of thioether (sulfide) groups is 1. The summed E-state index contributed by atoms with van der Waals surface area (Å²) in [6.45, 7) is 0. The summed E-state index contributed by atoms with van der Waals surface area (Å²) in [6.07, 6.45) is 3.50. The van der Waals surface area contributed by atoms with E-state index in [4.69, 9.17) is 0 Å². The van der Waals surface area contributed by atoms with Crippen LogP contribution < -0.4 is 16.3 Å². The summed E-state index contributed by atoms with van der Waals surface area (Å²) >= 11 is 1.63. The quantitative estimate of drug-likeness (QED) is 0.217. The molecule has 0 saturated carbocycles. The van der Waals surface area contributed by atoms with Crippen molar-refractivity contribution in [3.05, 3.63) is 106 Å². The van der Waals surface area contributed by atoms with Crippen LogP contribution in [0.25, 0.3) is 10.8 Å². The van der Waals surface area contributed by atoms with Gasteiger partial charge in [-0.2, -0.15) is 10.2 Å². The van der Waals surface area contributed by atoms with Gasteiger partial charge in [0, 0.05) is 15.8 Å². The van der Waals surface area contributed by atoms with Crippen molar-refractivity contribution in [3.63, 3.8) is 0 Å². The maximum Gasteiger partial charge on any atom is 0.272 e. The molecule has 0 spiro atoms. The molecule has 2 amide bonds. The van der Waals surface area contributed by atoms with Gasteiger partial charge in [0.2, 0.25) is 0 Å². The third-order valence-corrected chi connectivity index (χ3v) is 5.82. The van der Waals surface area contributed by atoms with Gasteiger partial charge < -0.3 is 5.32 Å². The fraction of sp³-hybridized carbons (Fsp3) is 0.0800. The maximum atomic E-state index is 13.2. The highest BCUT2D eigenvalue weighted by Crippen LogP contribution is 2.20. The van der Waals surface area contributed by atoms with Crippen molar-refractivity contribution in [2.24, 2.45) is 5.10 Å². The van der Waals surface area contributed by atoms with E-state index < -0.39 is 17.9 Å². The summed E-state index contributed by atoms with van der Waals surface area (Å²) in [6, 6.07) is 21.7. The van der Waals surface area contributed by atoms with Crippen LogP contribution in [0.2, 0.25) is 0 Å². The molecule has 0 aliphatic rings. The molecule has 0 fully saturated rings. The zero-order valence-corrected chi connectivity index (χ0v) is 19.0. The second-order valence-corrected chi connectivity index (χ2v) is 8.14. The summed E-state index contributed by atoms with van der Waals surface area (Å²) in [7, 11) is 0. The van der Waals surface area contributed by atoms with Crippen LogP contribution in [-0.4, -0.2) is 34.5 Å². The van der Waals surface area contributed by atoms with E-state index in [1.165, 1.54) is 6.21 Å². The molecule has 0 radical (unpaired) electrons. The molecule has 170 valence electrons. The number of aromatic amines is 1. The van der Waals surface area contributed by atoms with E-state index in [1.54, 1.807) is 66.4 Å². The Kier molecular flexibility index (Phi) is 7.14. The monoisotopic (exact) mass is 471 g/mol. The lowest BCUT2D eigenvalue weighted by Crippen LogP contribution is -2.40. The number of hydrogen-bond acceptors (Lipinski definition) is 6. The van der Waals surface area contributed by atoms with Gasteiger partial charge in [0.05, 0.1) is 11.6 Å². The molecule has 4 aromatic rings. The first-order valence-electron chi connectivity index (χ1n) is 10.4. The molecule has 8 nitrogen and oxygen atoms in total. The first-order chi connectivity index (χ1) is 16.6. The van der Waals surface area contributed by atoms with Crippen LogP contribution in [-0.2, 0) is 4.79 Å². The van der Waals surface area contributed by atoms with Crippen molar-refractivity contribution in [3.8, 4) is 0 Å². The molecule has 0 aliphatic heterocycles. The molecule has 3 N–H and O–H groups in total. The second kappa shape index (κ2) is 10.6. The Bertz CT molecular complexity index is 1400. The van der Waals surface area contributed by atoms with E-state index in [2.05, 4.69) is 26.0 Å². The van der Waals surface area contributed by atoms with Crippen LogP contribution in [0.5, 0.6) is 0 Å². The summed E-state index contributed by atoms with van der Waals surface area (Å²) in [5.74, 6) is -1.07. The van der Waals surface area contributed by atoms with Crippen LogP contribution in [0.4, 0.5) is 0 Å². The molecule has 34 heavy (non-hydrogen) atoms. The normalized spacial score (nSPS) is 11.9. The third-order valence-electron chi connectivity index (χ3n) is 5.08. The van der Waals surface area contributed by atoms with Crippen molar-refractivity contribution >= 4 is 40.6 Å². The number of fused-ring (bicyclic) bond motifs is 1. The predicted octanol–water partition coefficient (Wildman–Crippen LogP) is 3.27. The molecule has 9 heteroatoms. The van der Waals surface area contributed by atoms with Crippen molar-refractivity contribution in [2.75, 3.05) is 6.26 Å². The van der Waals surface area contributed by atoms with Crippen LogP contribution >= 0.6 is 11.8 Å². The highest BCUT2D eigenvalue weighted by atomic mass is 32.2. The van der Waals surface area contributed by atoms with Gasteiger partial charge in [-0.3, -0.25) is 14.4 Å². The summed E-state index contributed by atoms with van der Waals surface area (Å²) in [5, 5.41) is 14.1. The van der Waals surface area contributed by atoms with E-state index in [0.717, 1.165) is 10.5 Å². The van der Waals surface area contributed by atoms with Crippen LogP contribution in [0, 0.1) is 0 Å². The van der Waals surface area contributed by atoms with Gasteiger partial charge >= 0.3 is 0 Å². The number of hydrazone groups is 1. The Labute approximate surface area is 199 Å². The molecular weight excluding hydrogens is 450 g/mol. The minimum Gasteiger partial charge on any atom is -0.335 e. The van der Waals surface area contributed by atoms with E-state index in [0.29, 0.717) is 16.3 Å². The molecule has 1 aromatic heterocycles. The zero-order chi connectivity index (χ0) is 23.9. The number of aromatic nitrogens is 2. The summed E-state index contributed by atoms with van der Waals surface area (Å²) in [4.78, 5) is 39.3. The molecule has 0 bridgehead atoms. The largest absolute Gasteiger partial charge is 0.335 e. The Balaban J connectivity index is 1.64. The zero-order valence-electron chi connectivity index (χ0n) is 18.2. The number of hydrogen-bond donors (Lipinski definition) is 3. The molecule has 0 aliphatic carbocycles. The number of nitrogens with zero attached hydrogens (tertiary/aromatic N) is 2. The van der Waals surface area contributed by atoms with Crippen LogP contribution in [0.3, 0.4) is 0 Å². The lowest BCUT2D eigenvalue weighted by Gasteiger charge is -2.18. The molecule has 0 saturated heterocycles. The Morgan fingerprint density at radius 1 is 0.971 bits per heavy atom. The fourth-order valence-corrected chi connectivity index (χ4v) is 3.75. The Morgan fingerprint density at radius 2 is 1.65 bits per heavy atom. The first kappa shape index (κ1) is 22.9. The smallest absolute Gasteiger partial charge is 0.272 e. The van der Waals surface area contributed by atoms with Gasteiger partial charge in [0.15, 0.2) is 6.04 Å². The number of carbonyl (C=O) groups is 2. The van der Waals surface area contributed by atoms with Crippen molar-refractivity contribution in [1.82, 2.24) is 20.9 Å². The van der Waals surface area contributed by atoms with Gasteiger partial charge in [0.25, 0.3) is 17.4 Å². The van der Waals surface area contributed by atoms with Crippen molar-refractivity contribution < 1.29 is 9.59 Å². The maximum absolute atomic E-state index is 13.2. The van der Waals surface area contributed by atoms with Gasteiger partial charge in [-0.25, -0.2) is 10.5 Å². The number of carbonyl (C=O) groups excluding carboxylic acids is 2. The van der Waals surface area contributed by atoms with Crippen molar-refractivity contribution in [2.45, 2.75) is 10.9 Å². The number of amides is 2. The third kappa shape index (κ3) is 5.21. The summed E-state index contributed by atoms with van der Waals surface area (Å²) in [5.41, 5.74) is 3.47. The molecule has 1 unspecified atom stereocenters. The van der Waals surface area contributed by atoms with E-state index >= 15 is 0 Å².